The molecular formula is C32H17ClF2N2. The average Bonchev–Trinajstić information content (AvgIpc) is 3.42. The zero-order valence-corrected chi connectivity index (χ0v) is 20.1. The van der Waals surface area contributed by atoms with Gasteiger partial charge in [-0.15, -0.1) is 0 Å². The molecule has 0 aliphatic heterocycles. The topological polar surface area (TPSA) is 17.3 Å². The number of pyridine rings is 1. The Labute approximate surface area is 215 Å². The van der Waals surface area contributed by atoms with Gasteiger partial charge in [-0.2, -0.15) is 8.78 Å². The fraction of sp³-hybridized carbons (Fsp3) is 0.0312. The SMILES string of the molecule is FC1(F)c2cc(Cl)ccc2-c2ccc(-c3ccc4c5ccccc5c5nc6ccccc6n5c4c3)cc21. The summed E-state index contributed by atoms with van der Waals surface area (Å²) >= 11 is 6.06. The van der Waals surface area contributed by atoms with E-state index in [2.05, 4.69) is 34.7 Å². The van der Waals surface area contributed by atoms with E-state index in [1.807, 2.05) is 42.5 Å². The third-order valence-electron chi connectivity index (χ3n) is 7.56. The van der Waals surface area contributed by atoms with Crippen molar-refractivity contribution in [1.29, 1.82) is 0 Å². The summed E-state index contributed by atoms with van der Waals surface area (Å²) in [5, 5.41) is 3.58. The number of imidazole rings is 1. The zero-order valence-electron chi connectivity index (χ0n) is 19.3. The van der Waals surface area contributed by atoms with Crippen LogP contribution >= 0.6 is 11.6 Å². The molecular weight excluding hydrogens is 486 g/mol. The number of nitrogens with zero attached hydrogens (tertiary/aromatic N) is 2. The predicted molar refractivity (Wildman–Crippen MR) is 147 cm³/mol. The summed E-state index contributed by atoms with van der Waals surface area (Å²) in [7, 11) is 0. The molecule has 0 fully saturated rings. The highest BCUT2D eigenvalue weighted by molar-refractivity contribution is 6.30. The highest BCUT2D eigenvalue weighted by Gasteiger charge is 2.44. The number of para-hydroxylation sites is 2. The van der Waals surface area contributed by atoms with Crippen LogP contribution in [0.4, 0.5) is 8.78 Å². The molecule has 37 heavy (non-hydrogen) atoms. The lowest BCUT2D eigenvalue weighted by molar-refractivity contribution is 0.0480. The van der Waals surface area contributed by atoms with E-state index in [0.29, 0.717) is 16.1 Å². The van der Waals surface area contributed by atoms with Crippen LogP contribution in [0.1, 0.15) is 11.1 Å². The van der Waals surface area contributed by atoms with Crippen LogP contribution in [-0.4, -0.2) is 9.38 Å². The van der Waals surface area contributed by atoms with Crippen molar-refractivity contribution in [3.63, 3.8) is 0 Å². The first kappa shape index (κ1) is 20.9. The standard InChI is InChI=1S/C32H17ClF2N2/c33-20-11-14-23-22-12-9-18(15-26(22)32(34,35)27(23)17-20)19-10-13-24-21-5-1-2-6-25(21)31-36-28-7-3-4-8-29(28)37(31)30(24)16-19/h1-17H. The largest absolute Gasteiger partial charge is 0.299 e. The van der Waals surface area contributed by atoms with Crippen LogP contribution in [0.25, 0.3) is 60.6 Å². The Morgan fingerprint density at radius 3 is 2.16 bits per heavy atom. The van der Waals surface area contributed by atoms with Crippen LogP contribution in [0.5, 0.6) is 0 Å². The van der Waals surface area contributed by atoms with E-state index in [1.54, 1.807) is 24.3 Å². The summed E-state index contributed by atoms with van der Waals surface area (Å²) in [5.41, 5.74) is 6.47. The lowest BCUT2D eigenvalue weighted by atomic mass is 9.96. The third-order valence-corrected chi connectivity index (χ3v) is 7.79. The van der Waals surface area contributed by atoms with Crippen LogP contribution < -0.4 is 0 Å². The molecule has 0 saturated carbocycles. The van der Waals surface area contributed by atoms with Crippen molar-refractivity contribution in [3.8, 4) is 22.3 Å². The van der Waals surface area contributed by atoms with Crippen LogP contribution in [-0.2, 0) is 5.92 Å². The first-order valence-electron chi connectivity index (χ1n) is 12.1. The average molecular weight is 503 g/mol. The fourth-order valence-electron chi connectivity index (χ4n) is 5.86. The first-order chi connectivity index (χ1) is 18.0. The van der Waals surface area contributed by atoms with E-state index < -0.39 is 5.92 Å². The lowest BCUT2D eigenvalue weighted by Gasteiger charge is -2.14. The van der Waals surface area contributed by atoms with E-state index >= 15 is 8.78 Å². The van der Waals surface area contributed by atoms with Crippen molar-refractivity contribution in [2.45, 2.75) is 5.92 Å². The van der Waals surface area contributed by atoms with Gasteiger partial charge in [0.2, 0.25) is 0 Å². The molecule has 0 saturated heterocycles. The summed E-state index contributed by atoms with van der Waals surface area (Å²) in [4.78, 5) is 4.95. The molecule has 0 amide bonds. The second-order valence-corrected chi connectivity index (χ2v) is 10.00. The summed E-state index contributed by atoms with van der Waals surface area (Å²) in [6.07, 6.45) is 0. The molecule has 176 valence electrons. The Kier molecular flexibility index (Phi) is 4.03. The monoisotopic (exact) mass is 502 g/mol. The Morgan fingerprint density at radius 2 is 1.30 bits per heavy atom. The molecule has 5 heteroatoms. The predicted octanol–water partition coefficient (Wildman–Crippen LogP) is 9.23. The summed E-state index contributed by atoms with van der Waals surface area (Å²) in [5.74, 6) is -3.10. The number of hydrogen-bond donors (Lipinski definition) is 0. The van der Waals surface area contributed by atoms with Gasteiger partial charge in [0, 0.05) is 26.9 Å². The fourth-order valence-corrected chi connectivity index (χ4v) is 6.03. The number of alkyl halides is 2. The van der Waals surface area contributed by atoms with E-state index in [1.165, 1.54) is 6.07 Å². The van der Waals surface area contributed by atoms with Gasteiger partial charge in [-0.25, -0.2) is 4.98 Å². The smallest absolute Gasteiger partial charge is 0.292 e. The Hall–Kier alpha value is -4.28. The number of halogens is 3. The molecule has 5 aromatic carbocycles. The number of fused-ring (bicyclic) bond motifs is 11. The van der Waals surface area contributed by atoms with E-state index in [4.69, 9.17) is 16.6 Å². The lowest BCUT2D eigenvalue weighted by Crippen LogP contribution is -2.11. The third kappa shape index (κ3) is 2.76. The normalized spacial score (nSPS) is 14.0. The van der Waals surface area contributed by atoms with Crippen molar-refractivity contribution in [2.75, 3.05) is 0 Å². The number of hydrogen-bond acceptors (Lipinski definition) is 1. The van der Waals surface area contributed by atoms with Crippen LogP contribution in [0.2, 0.25) is 5.02 Å². The van der Waals surface area contributed by atoms with E-state index in [0.717, 1.165) is 49.5 Å². The van der Waals surface area contributed by atoms with Crippen molar-refractivity contribution in [1.82, 2.24) is 9.38 Å². The molecule has 0 N–H and O–H groups in total. The van der Waals surface area contributed by atoms with Gasteiger partial charge >= 0.3 is 0 Å². The number of aromatic nitrogens is 2. The maximum absolute atomic E-state index is 15.5. The van der Waals surface area contributed by atoms with E-state index in [9.17, 15) is 0 Å². The molecule has 1 aliphatic rings. The summed E-state index contributed by atoms with van der Waals surface area (Å²) < 4.78 is 33.2. The molecule has 1 aliphatic carbocycles. The van der Waals surface area contributed by atoms with Gasteiger partial charge in [-0.3, -0.25) is 4.40 Å². The van der Waals surface area contributed by atoms with Crippen LogP contribution in [0, 0.1) is 0 Å². The van der Waals surface area contributed by atoms with Crippen molar-refractivity contribution >= 4 is 50.0 Å². The highest BCUT2D eigenvalue weighted by atomic mass is 35.5. The molecule has 2 heterocycles. The summed E-state index contributed by atoms with van der Waals surface area (Å²) in [6, 6.07) is 32.6. The van der Waals surface area contributed by atoms with Gasteiger partial charge in [0.15, 0.2) is 0 Å². The molecule has 0 atom stereocenters. The second kappa shape index (κ2) is 7.15. The Morgan fingerprint density at radius 1 is 0.622 bits per heavy atom. The minimum atomic E-state index is -3.10. The van der Waals surface area contributed by atoms with Gasteiger partial charge < -0.3 is 0 Å². The maximum atomic E-state index is 15.5. The molecule has 2 aromatic heterocycles. The Bertz CT molecular complexity index is 2090. The first-order valence-corrected chi connectivity index (χ1v) is 12.4. The maximum Gasteiger partial charge on any atom is 0.299 e. The molecule has 7 aromatic rings. The quantitative estimate of drug-likeness (QED) is 0.204. The van der Waals surface area contributed by atoms with Gasteiger partial charge in [0.1, 0.15) is 5.65 Å². The van der Waals surface area contributed by atoms with Gasteiger partial charge in [0.25, 0.3) is 5.92 Å². The van der Waals surface area contributed by atoms with Crippen molar-refractivity contribution in [2.24, 2.45) is 0 Å². The highest BCUT2D eigenvalue weighted by Crippen LogP contribution is 2.52. The molecule has 0 radical (unpaired) electrons. The van der Waals surface area contributed by atoms with Crippen molar-refractivity contribution in [3.05, 3.63) is 119 Å². The minimum Gasteiger partial charge on any atom is -0.292 e. The van der Waals surface area contributed by atoms with Crippen molar-refractivity contribution < 1.29 is 8.78 Å². The van der Waals surface area contributed by atoms with Gasteiger partial charge in [-0.05, 0) is 64.0 Å². The zero-order chi connectivity index (χ0) is 24.9. The number of rotatable bonds is 1. The Balaban J connectivity index is 1.41. The number of benzene rings is 5. The molecule has 0 bridgehead atoms. The van der Waals surface area contributed by atoms with Crippen LogP contribution in [0.15, 0.2) is 103 Å². The molecule has 0 spiro atoms. The summed E-state index contributed by atoms with van der Waals surface area (Å²) in [6.45, 7) is 0. The minimum absolute atomic E-state index is 0.0131. The van der Waals surface area contributed by atoms with Crippen LogP contribution in [0.3, 0.4) is 0 Å². The molecule has 2 nitrogen and oxygen atoms in total. The second-order valence-electron chi connectivity index (χ2n) is 9.56. The molecule has 0 unspecified atom stereocenters. The molecule has 8 rings (SSSR count). The van der Waals surface area contributed by atoms with Gasteiger partial charge in [0.05, 0.1) is 16.6 Å². The van der Waals surface area contributed by atoms with Gasteiger partial charge in [-0.1, -0.05) is 78.3 Å². The van der Waals surface area contributed by atoms with E-state index in [-0.39, 0.29) is 11.1 Å².